The van der Waals surface area contributed by atoms with Crippen LogP contribution >= 0.6 is 0 Å². The van der Waals surface area contributed by atoms with Crippen LogP contribution in [0.1, 0.15) is 29.8 Å². The molecule has 0 fully saturated rings. The van der Waals surface area contributed by atoms with Crippen LogP contribution in [0.5, 0.6) is 5.75 Å². The third-order valence-corrected chi connectivity index (χ3v) is 4.36. The molecule has 0 aliphatic rings. The highest BCUT2D eigenvalue weighted by molar-refractivity contribution is 5.90. The predicted octanol–water partition coefficient (Wildman–Crippen LogP) is 3.84. The minimum atomic E-state index is -0.903. The second-order valence-electron chi connectivity index (χ2n) is 6.79. The van der Waals surface area contributed by atoms with Gasteiger partial charge in [-0.15, -0.1) is 0 Å². The van der Waals surface area contributed by atoms with E-state index in [9.17, 15) is 9.59 Å². The summed E-state index contributed by atoms with van der Waals surface area (Å²) in [5.41, 5.74) is 7.22. The molecular weight excluding hydrogens is 422 g/mol. The number of hydrogen-bond donors (Lipinski definition) is 2. The fourth-order valence-electron chi connectivity index (χ4n) is 2.86. The van der Waals surface area contributed by atoms with Gasteiger partial charge in [0.15, 0.2) is 5.70 Å². The van der Waals surface area contributed by atoms with Crippen molar-refractivity contribution < 1.29 is 23.8 Å². The maximum atomic E-state index is 12.4. The molecule has 3 aromatic carbocycles. The average molecular weight is 452 g/mol. The monoisotopic (exact) mass is 451 g/mol. The molecule has 0 spiro atoms. The SMILES string of the molecule is CC.Cc1ccc2cc(O/C(N)=C(\C(=O)OCOC(=O)c3ccccc3)N(C)N)ccc2c1. The van der Waals surface area contributed by atoms with Crippen molar-refractivity contribution in [2.45, 2.75) is 20.8 Å². The Morgan fingerprint density at radius 2 is 1.55 bits per heavy atom. The smallest absolute Gasteiger partial charge is 0.364 e. The molecule has 0 aliphatic carbocycles. The van der Waals surface area contributed by atoms with Gasteiger partial charge >= 0.3 is 11.9 Å². The van der Waals surface area contributed by atoms with Crippen molar-refractivity contribution >= 4 is 22.7 Å². The molecule has 8 nitrogen and oxygen atoms in total. The van der Waals surface area contributed by atoms with Gasteiger partial charge in [-0.05, 0) is 42.0 Å². The number of nitrogens with zero attached hydrogens (tertiary/aromatic N) is 1. The first-order valence-electron chi connectivity index (χ1n) is 10.4. The van der Waals surface area contributed by atoms with Crippen LogP contribution < -0.4 is 16.3 Å². The van der Waals surface area contributed by atoms with Crippen LogP contribution in [-0.2, 0) is 14.3 Å². The second-order valence-corrected chi connectivity index (χ2v) is 6.79. The van der Waals surface area contributed by atoms with Crippen LogP contribution in [0.2, 0.25) is 0 Å². The van der Waals surface area contributed by atoms with E-state index in [1.165, 1.54) is 7.05 Å². The zero-order valence-corrected chi connectivity index (χ0v) is 19.2. The third kappa shape index (κ3) is 6.98. The van der Waals surface area contributed by atoms with Gasteiger partial charge in [-0.1, -0.05) is 61.9 Å². The lowest BCUT2D eigenvalue weighted by Crippen LogP contribution is -2.35. The number of carbonyl (C=O) groups excluding carboxylic acids is 2. The van der Waals surface area contributed by atoms with Crippen LogP contribution in [0.4, 0.5) is 0 Å². The number of benzene rings is 3. The van der Waals surface area contributed by atoms with Crippen LogP contribution in [0.15, 0.2) is 78.3 Å². The highest BCUT2D eigenvalue weighted by atomic mass is 16.7. The normalized spacial score (nSPS) is 10.9. The molecular formula is C25H29N3O5. The van der Waals surface area contributed by atoms with Gasteiger partial charge in [-0.3, -0.25) is 0 Å². The van der Waals surface area contributed by atoms with Gasteiger partial charge in [0.05, 0.1) is 5.56 Å². The van der Waals surface area contributed by atoms with E-state index in [0.717, 1.165) is 21.3 Å². The van der Waals surface area contributed by atoms with Crippen molar-refractivity contribution in [2.75, 3.05) is 13.8 Å². The van der Waals surface area contributed by atoms with Crippen molar-refractivity contribution in [2.24, 2.45) is 11.6 Å². The summed E-state index contributed by atoms with van der Waals surface area (Å²) in [4.78, 5) is 24.4. The van der Waals surface area contributed by atoms with E-state index in [0.29, 0.717) is 11.3 Å². The molecule has 174 valence electrons. The first kappa shape index (κ1) is 25.2. The molecule has 8 heteroatoms. The fraction of sp³-hybridized carbons (Fsp3) is 0.200. The first-order chi connectivity index (χ1) is 15.8. The van der Waals surface area contributed by atoms with E-state index < -0.39 is 18.7 Å². The Labute approximate surface area is 193 Å². The van der Waals surface area contributed by atoms with E-state index in [2.05, 4.69) is 0 Å². The third-order valence-electron chi connectivity index (χ3n) is 4.36. The minimum absolute atomic E-state index is 0.222. The second kappa shape index (κ2) is 12.1. The Balaban J connectivity index is 0.00000187. The molecule has 0 bridgehead atoms. The summed E-state index contributed by atoms with van der Waals surface area (Å²) in [5, 5.41) is 2.97. The molecule has 0 amide bonds. The van der Waals surface area contributed by atoms with Crippen molar-refractivity contribution in [3.63, 3.8) is 0 Å². The van der Waals surface area contributed by atoms with Crippen molar-refractivity contribution in [1.82, 2.24) is 5.01 Å². The maximum absolute atomic E-state index is 12.4. The van der Waals surface area contributed by atoms with Gasteiger partial charge in [0, 0.05) is 7.05 Å². The van der Waals surface area contributed by atoms with Crippen LogP contribution in [0.3, 0.4) is 0 Å². The minimum Gasteiger partial charge on any atom is -0.439 e. The number of aryl methyl sites for hydroxylation is 1. The quantitative estimate of drug-likeness (QED) is 0.139. The summed E-state index contributed by atoms with van der Waals surface area (Å²) < 4.78 is 15.5. The fourth-order valence-corrected chi connectivity index (χ4v) is 2.86. The number of rotatable bonds is 7. The van der Waals surface area contributed by atoms with Gasteiger partial charge in [-0.25, -0.2) is 15.4 Å². The maximum Gasteiger partial charge on any atom is 0.364 e. The van der Waals surface area contributed by atoms with Gasteiger partial charge in [0.25, 0.3) is 0 Å². The highest BCUT2D eigenvalue weighted by Gasteiger charge is 2.21. The molecule has 0 radical (unpaired) electrons. The van der Waals surface area contributed by atoms with E-state index in [1.807, 2.05) is 45.0 Å². The molecule has 0 saturated heterocycles. The van der Waals surface area contributed by atoms with Crippen LogP contribution in [-0.4, -0.2) is 30.8 Å². The molecule has 0 heterocycles. The number of nitrogens with two attached hydrogens (primary N) is 2. The van der Waals surface area contributed by atoms with Crippen molar-refractivity contribution in [1.29, 1.82) is 0 Å². The van der Waals surface area contributed by atoms with E-state index in [1.54, 1.807) is 42.5 Å². The average Bonchev–Trinajstić information content (AvgIpc) is 2.80. The summed E-state index contributed by atoms with van der Waals surface area (Å²) in [6.07, 6.45) is 0. The first-order valence-corrected chi connectivity index (χ1v) is 10.4. The number of carbonyl (C=O) groups is 2. The number of fused-ring (bicyclic) bond motifs is 1. The summed E-state index contributed by atoms with van der Waals surface area (Å²) in [7, 11) is 1.41. The summed E-state index contributed by atoms with van der Waals surface area (Å²) in [6, 6.07) is 19.7. The van der Waals surface area contributed by atoms with E-state index in [4.69, 9.17) is 25.8 Å². The predicted molar refractivity (Wildman–Crippen MR) is 127 cm³/mol. The Morgan fingerprint density at radius 3 is 2.21 bits per heavy atom. The Hall–Kier alpha value is -4.04. The zero-order chi connectivity index (χ0) is 24.4. The van der Waals surface area contributed by atoms with Gasteiger partial charge in [-0.2, -0.15) is 0 Å². The topological polar surface area (TPSA) is 117 Å². The van der Waals surface area contributed by atoms with Crippen molar-refractivity contribution in [3.8, 4) is 5.75 Å². The highest BCUT2D eigenvalue weighted by Crippen LogP contribution is 2.23. The lowest BCUT2D eigenvalue weighted by molar-refractivity contribution is -0.149. The molecule has 4 N–H and O–H groups in total. The van der Waals surface area contributed by atoms with Crippen molar-refractivity contribution in [3.05, 3.63) is 89.4 Å². The lowest BCUT2D eigenvalue weighted by atomic mass is 10.1. The lowest BCUT2D eigenvalue weighted by Gasteiger charge is -2.18. The zero-order valence-electron chi connectivity index (χ0n) is 19.2. The molecule has 0 unspecified atom stereocenters. The number of esters is 2. The molecule has 0 saturated carbocycles. The molecule has 0 aliphatic heterocycles. The van der Waals surface area contributed by atoms with E-state index >= 15 is 0 Å². The molecule has 33 heavy (non-hydrogen) atoms. The summed E-state index contributed by atoms with van der Waals surface area (Å²) in [5.74, 6) is 4.37. The molecule has 0 aromatic heterocycles. The Morgan fingerprint density at radius 1 is 0.909 bits per heavy atom. The Kier molecular flexibility index (Phi) is 9.26. The number of hydrazine groups is 1. The molecule has 0 atom stereocenters. The largest absolute Gasteiger partial charge is 0.439 e. The van der Waals surface area contributed by atoms with Crippen LogP contribution in [0.25, 0.3) is 10.8 Å². The standard InChI is InChI=1S/C23H23N3O5.C2H6/c1-15-8-9-18-13-19(11-10-17(18)12-15)31-21(24)20(26(2)25)23(28)30-14-29-22(27)16-6-4-3-5-7-16;1-2/h3-13H,14,24-25H2,1-2H3;1-2H3/b21-20+;. The van der Waals surface area contributed by atoms with E-state index in [-0.39, 0.29) is 11.6 Å². The number of ether oxygens (including phenoxy) is 3. The van der Waals surface area contributed by atoms with Gasteiger partial charge in [0.1, 0.15) is 5.75 Å². The van der Waals surface area contributed by atoms with Gasteiger partial charge < -0.3 is 25.0 Å². The summed E-state index contributed by atoms with van der Waals surface area (Å²) in [6.45, 7) is 5.41. The molecule has 3 aromatic rings. The Bertz CT molecular complexity index is 1130. The summed E-state index contributed by atoms with van der Waals surface area (Å²) >= 11 is 0. The number of hydrogen-bond acceptors (Lipinski definition) is 8. The molecule has 3 rings (SSSR count). The number of likely N-dealkylation sites (N-methyl/N-ethyl adjacent to an activating group) is 1. The van der Waals surface area contributed by atoms with Gasteiger partial charge in [0.2, 0.25) is 12.7 Å². The van der Waals surface area contributed by atoms with Crippen LogP contribution in [0, 0.1) is 6.92 Å².